The standard InChI is InChI=1S/C20H22FN7O/c1-5-27-17(22-12-23-27)11-29-19-14(20(2,3)4)10-16-24-25-18(28(16)26-19)13-8-6-7-9-15(13)21/h6-10,12H,5,11H2,1-4H3/i2D3,3D3,4D3,11D2. The number of ether oxygens (including phenoxy) is 1. The Labute approximate surface area is 182 Å². The van der Waals surface area contributed by atoms with E-state index in [9.17, 15) is 4.39 Å². The van der Waals surface area contributed by atoms with Gasteiger partial charge in [-0.15, -0.1) is 15.3 Å². The molecule has 0 fully saturated rings. The molecule has 0 atom stereocenters. The van der Waals surface area contributed by atoms with Crippen molar-refractivity contribution >= 4 is 5.65 Å². The van der Waals surface area contributed by atoms with E-state index in [-0.39, 0.29) is 23.6 Å². The summed E-state index contributed by atoms with van der Waals surface area (Å²) in [6, 6.07) is 6.15. The van der Waals surface area contributed by atoms with Crippen LogP contribution in [0.2, 0.25) is 0 Å². The largest absolute Gasteiger partial charge is 0.468 e. The number of fused-ring (bicyclic) bond motifs is 1. The topological polar surface area (TPSA) is 83.0 Å². The van der Waals surface area contributed by atoms with Crippen LogP contribution in [0.3, 0.4) is 0 Å². The summed E-state index contributed by atoms with van der Waals surface area (Å²) in [5, 5.41) is 15.6. The summed E-state index contributed by atoms with van der Waals surface area (Å²) in [6.07, 6.45) is 1.03. The molecule has 3 aromatic heterocycles. The van der Waals surface area contributed by atoms with E-state index >= 15 is 0 Å². The van der Waals surface area contributed by atoms with Crippen LogP contribution < -0.4 is 4.74 Å². The first-order valence-electron chi connectivity index (χ1n) is 14.0. The molecule has 0 bridgehead atoms. The van der Waals surface area contributed by atoms with Gasteiger partial charge < -0.3 is 4.74 Å². The maximum absolute atomic E-state index is 14.6. The fraction of sp³-hybridized carbons (Fsp3) is 0.350. The molecule has 0 radical (unpaired) electrons. The van der Waals surface area contributed by atoms with E-state index in [0.717, 1.165) is 27.7 Å². The number of aryl methyl sites for hydroxylation is 1. The van der Waals surface area contributed by atoms with Gasteiger partial charge in [0.15, 0.2) is 17.3 Å². The first kappa shape index (κ1) is 9.91. The van der Waals surface area contributed by atoms with Crippen molar-refractivity contribution in [3.8, 4) is 17.3 Å². The molecule has 0 aliphatic rings. The summed E-state index contributed by atoms with van der Waals surface area (Å²) in [5.74, 6) is -2.39. The second kappa shape index (κ2) is 7.23. The van der Waals surface area contributed by atoms with Crippen molar-refractivity contribution in [2.75, 3.05) is 0 Å². The fourth-order valence-electron chi connectivity index (χ4n) is 2.64. The molecular formula is C20H22FN7O. The lowest BCUT2D eigenvalue weighted by atomic mass is 9.88. The lowest BCUT2D eigenvalue weighted by molar-refractivity contribution is 0.264. The molecule has 4 rings (SSSR count). The van der Waals surface area contributed by atoms with Gasteiger partial charge in [-0.05, 0) is 30.5 Å². The van der Waals surface area contributed by atoms with E-state index in [2.05, 4.69) is 25.4 Å². The summed E-state index contributed by atoms with van der Waals surface area (Å²) in [7, 11) is 0. The first-order chi connectivity index (χ1) is 18.4. The summed E-state index contributed by atoms with van der Waals surface area (Å²) in [6.45, 7) is -12.3. The van der Waals surface area contributed by atoms with Gasteiger partial charge in [-0.25, -0.2) is 14.1 Å². The Morgan fingerprint density at radius 3 is 2.83 bits per heavy atom. The molecule has 150 valence electrons. The average molecular weight is 407 g/mol. The van der Waals surface area contributed by atoms with Crippen LogP contribution in [-0.2, 0) is 18.5 Å². The molecule has 1 aromatic carbocycles. The highest BCUT2D eigenvalue weighted by atomic mass is 19.1. The monoisotopic (exact) mass is 406 g/mol. The highest BCUT2D eigenvalue weighted by Gasteiger charge is 2.24. The number of aromatic nitrogens is 7. The molecule has 29 heavy (non-hydrogen) atoms. The smallest absolute Gasteiger partial charge is 0.236 e. The van der Waals surface area contributed by atoms with Crippen molar-refractivity contribution in [2.45, 2.75) is 46.0 Å². The molecule has 8 nitrogen and oxygen atoms in total. The number of nitrogens with zero attached hydrogens (tertiary/aromatic N) is 7. The van der Waals surface area contributed by atoms with Crippen LogP contribution in [-0.4, -0.2) is 34.6 Å². The molecule has 0 saturated carbocycles. The third-order valence-electron chi connectivity index (χ3n) is 4.03. The van der Waals surface area contributed by atoms with Crippen molar-refractivity contribution in [1.82, 2.24) is 34.6 Å². The summed E-state index contributed by atoms with van der Waals surface area (Å²) in [5.41, 5.74) is -5.09. The van der Waals surface area contributed by atoms with Crippen LogP contribution >= 0.6 is 0 Å². The number of hydrogen-bond donors (Lipinski definition) is 0. The molecular weight excluding hydrogens is 373 g/mol. The van der Waals surface area contributed by atoms with Gasteiger partial charge in [-0.3, -0.25) is 0 Å². The van der Waals surface area contributed by atoms with Crippen LogP contribution in [0, 0.1) is 5.82 Å². The van der Waals surface area contributed by atoms with E-state index in [0.29, 0.717) is 0 Å². The van der Waals surface area contributed by atoms with Crippen molar-refractivity contribution in [1.29, 1.82) is 0 Å². The Hall–Kier alpha value is -3.36. The summed E-state index contributed by atoms with van der Waals surface area (Å²) >= 11 is 0. The van der Waals surface area contributed by atoms with E-state index < -0.39 is 55.6 Å². The third kappa shape index (κ3) is 3.55. The third-order valence-corrected chi connectivity index (χ3v) is 4.03. The Balaban J connectivity index is 2.12. The van der Waals surface area contributed by atoms with E-state index in [1.807, 2.05) is 0 Å². The highest BCUT2D eigenvalue weighted by Crippen LogP contribution is 2.32. The minimum absolute atomic E-state index is 0.108. The second-order valence-corrected chi connectivity index (χ2v) is 5.99. The maximum atomic E-state index is 14.6. The highest BCUT2D eigenvalue weighted by molar-refractivity contribution is 5.60. The quantitative estimate of drug-likeness (QED) is 0.505. The normalized spacial score (nSPS) is 19.3. The predicted molar refractivity (Wildman–Crippen MR) is 105 cm³/mol. The zero-order valence-electron chi connectivity index (χ0n) is 26.1. The summed E-state index contributed by atoms with van der Waals surface area (Å²) < 4.78 is 112. The molecule has 4 aromatic rings. The Bertz CT molecular complexity index is 1510. The number of hydrogen-bond acceptors (Lipinski definition) is 6. The molecule has 0 saturated heterocycles. The van der Waals surface area contributed by atoms with Crippen molar-refractivity contribution in [3.63, 3.8) is 0 Å². The van der Waals surface area contributed by atoms with Crippen LogP contribution in [0.4, 0.5) is 4.39 Å². The van der Waals surface area contributed by atoms with Crippen LogP contribution in [0.25, 0.3) is 17.0 Å². The Morgan fingerprint density at radius 2 is 2.07 bits per heavy atom. The van der Waals surface area contributed by atoms with Gasteiger partial charge in [0.05, 0.1) is 8.30 Å². The predicted octanol–water partition coefficient (Wildman–Crippen LogP) is 3.42. The number of halogens is 1. The molecule has 0 amide bonds. The second-order valence-electron chi connectivity index (χ2n) is 5.99. The lowest BCUT2D eigenvalue weighted by Gasteiger charge is -2.21. The minimum Gasteiger partial charge on any atom is -0.468 e. The molecule has 0 spiro atoms. The van der Waals surface area contributed by atoms with Gasteiger partial charge in [0, 0.05) is 24.4 Å². The zero-order chi connectivity index (χ0) is 29.9. The van der Waals surface area contributed by atoms with Crippen LogP contribution in [0.5, 0.6) is 5.88 Å². The van der Waals surface area contributed by atoms with Gasteiger partial charge in [0.2, 0.25) is 5.88 Å². The van der Waals surface area contributed by atoms with Gasteiger partial charge in [-0.1, -0.05) is 32.7 Å². The molecule has 3 heterocycles. The van der Waals surface area contributed by atoms with E-state index in [4.69, 9.17) is 19.8 Å². The van der Waals surface area contributed by atoms with Gasteiger partial charge in [-0.2, -0.15) is 9.61 Å². The zero-order valence-corrected chi connectivity index (χ0v) is 15.1. The van der Waals surface area contributed by atoms with Gasteiger partial charge >= 0.3 is 0 Å². The Morgan fingerprint density at radius 1 is 1.24 bits per heavy atom. The molecule has 0 aliphatic heterocycles. The SMILES string of the molecule is [2H]C([2H])(Oc1nn2c(-c3ccccc3F)nnc2cc1C(C([2H])([2H])[2H])(C([2H])([2H])[2H])C([2H])([2H])[2H])c1ncnn1CC. The number of benzene rings is 1. The minimum atomic E-state index is -3.73. The lowest BCUT2D eigenvalue weighted by Crippen LogP contribution is -2.17. The molecule has 0 unspecified atom stereocenters. The van der Waals surface area contributed by atoms with Gasteiger partial charge in [0.1, 0.15) is 18.7 Å². The fourth-order valence-corrected chi connectivity index (χ4v) is 2.64. The maximum Gasteiger partial charge on any atom is 0.236 e. The average Bonchev–Trinajstić information content (AvgIpc) is 3.44. The van der Waals surface area contributed by atoms with Crippen molar-refractivity contribution < 1.29 is 24.2 Å². The van der Waals surface area contributed by atoms with E-state index in [1.165, 1.54) is 18.2 Å². The van der Waals surface area contributed by atoms with Crippen molar-refractivity contribution in [2.24, 2.45) is 0 Å². The molecule has 9 heteroatoms. The van der Waals surface area contributed by atoms with Crippen molar-refractivity contribution in [3.05, 3.63) is 53.9 Å². The van der Waals surface area contributed by atoms with Crippen LogP contribution in [0.15, 0.2) is 36.7 Å². The van der Waals surface area contributed by atoms with Gasteiger partial charge in [0.25, 0.3) is 0 Å². The first-order valence-corrected chi connectivity index (χ1v) is 8.46. The number of rotatable bonds is 5. The Kier molecular flexibility index (Phi) is 2.47. The molecule has 0 N–H and O–H groups in total. The summed E-state index contributed by atoms with van der Waals surface area (Å²) in [4.78, 5) is 3.83. The van der Waals surface area contributed by atoms with Crippen LogP contribution in [0.1, 0.15) is 53.9 Å². The van der Waals surface area contributed by atoms with E-state index in [1.54, 1.807) is 6.92 Å². The molecule has 0 aliphatic carbocycles.